The van der Waals surface area contributed by atoms with Gasteiger partial charge in [0.15, 0.2) is 0 Å². The van der Waals surface area contributed by atoms with Crippen molar-refractivity contribution in [1.29, 1.82) is 0 Å². The van der Waals surface area contributed by atoms with Crippen molar-refractivity contribution in [3.05, 3.63) is 55.4 Å². The second-order valence-electron chi connectivity index (χ2n) is 4.19. The highest BCUT2D eigenvalue weighted by atomic mass is 79.9. The number of benzene rings is 1. The minimum absolute atomic E-state index is 0.153. The van der Waals surface area contributed by atoms with Gasteiger partial charge in [-0.2, -0.15) is 0 Å². The number of rotatable bonds is 5. The Labute approximate surface area is 129 Å². The van der Waals surface area contributed by atoms with Crippen LogP contribution in [0.1, 0.15) is 23.4 Å². The van der Waals surface area contributed by atoms with Crippen molar-refractivity contribution in [3.63, 3.8) is 0 Å². The average Bonchev–Trinajstić information content (AvgIpc) is 2.81. The molecule has 2 rings (SSSR count). The number of hydrogen-bond donors (Lipinski definition) is 1. The van der Waals surface area contributed by atoms with Crippen LogP contribution in [0.5, 0.6) is 0 Å². The van der Waals surface area contributed by atoms with E-state index >= 15 is 0 Å². The number of likely N-dealkylation sites (N-methyl/N-ethyl adjacent to an activating group) is 1. The first kappa shape index (κ1) is 15.0. The van der Waals surface area contributed by atoms with Crippen LogP contribution >= 0.6 is 38.9 Å². The Balaban J connectivity index is 2.23. The third-order valence-electron chi connectivity index (χ3n) is 2.84. The molecule has 1 heterocycles. The smallest absolute Gasteiger partial charge is 0.142 e. The lowest BCUT2D eigenvalue weighted by molar-refractivity contribution is 0.554. The van der Waals surface area contributed by atoms with Gasteiger partial charge in [0.2, 0.25) is 0 Å². The molecule has 0 radical (unpaired) electrons. The van der Waals surface area contributed by atoms with Crippen LogP contribution in [-0.4, -0.2) is 6.54 Å². The molecule has 0 aliphatic rings. The molecular formula is C14H14BrClFNS. The normalized spacial score (nSPS) is 12.6. The largest absolute Gasteiger partial charge is 0.309 e. The second-order valence-corrected chi connectivity index (χ2v) is 6.43. The van der Waals surface area contributed by atoms with Crippen molar-refractivity contribution < 1.29 is 4.39 Å². The molecule has 0 saturated heterocycles. The van der Waals surface area contributed by atoms with Gasteiger partial charge in [0.05, 0.1) is 5.02 Å². The van der Waals surface area contributed by atoms with Gasteiger partial charge in [-0.1, -0.05) is 30.7 Å². The Morgan fingerprint density at radius 1 is 1.47 bits per heavy atom. The van der Waals surface area contributed by atoms with Crippen LogP contribution in [0.4, 0.5) is 4.39 Å². The molecule has 5 heteroatoms. The van der Waals surface area contributed by atoms with Crippen molar-refractivity contribution in [2.45, 2.75) is 19.4 Å². The van der Waals surface area contributed by atoms with E-state index in [9.17, 15) is 4.39 Å². The van der Waals surface area contributed by atoms with Crippen molar-refractivity contribution in [2.24, 2.45) is 0 Å². The summed E-state index contributed by atoms with van der Waals surface area (Å²) in [6.45, 7) is 2.91. The lowest BCUT2D eigenvalue weighted by atomic mass is 10.0. The molecular weight excluding hydrogens is 349 g/mol. The van der Waals surface area contributed by atoms with Gasteiger partial charge in [0, 0.05) is 20.8 Å². The molecule has 0 spiro atoms. The van der Waals surface area contributed by atoms with Gasteiger partial charge >= 0.3 is 0 Å². The summed E-state index contributed by atoms with van der Waals surface area (Å²) < 4.78 is 14.5. The molecule has 1 N–H and O–H groups in total. The van der Waals surface area contributed by atoms with E-state index in [4.69, 9.17) is 11.6 Å². The fourth-order valence-corrected chi connectivity index (χ4v) is 3.68. The van der Waals surface area contributed by atoms with Gasteiger partial charge < -0.3 is 5.32 Å². The molecule has 0 amide bonds. The van der Waals surface area contributed by atoms with Crippen LogP contribution in [0, 0.1) is 5.82 Å². The highest BCUT2D eigenvalue weighted by molar-refractivity contribution is 9.10. The van der Waals surface area contributed by atoms with Crippen LogP contribution in [0.25, 0.3) is 0 Å². The predicted octanol–water partition coefficient (Wildman–Crippen LogP) is 5.20. The van der Waals surface area contributed by atoms with E-state index in [1.807, 2.05) is 11.4 Å². The van der Waals surface area contributed by atoms with Gasteiger partial charge in [-0.05, 0) is 46.6 Å². The maximum atomic E-state index is 13.5. The first-order valence-electron chi connectivity index (χ1n) is 6.02. The number of halogens is 3. The molecule has 2 aromatic rings. The zero-order valence-corrected chi connectivity index (χ0v) is 13.6. The van der Waals surface area contributed by atoms with Gasteiger partial charge in [0.1, 0.15) is 5.82 Å². The average molecular weight is 363 g/mol. The van der Waals surface area contributed by atoms with Gasteiger partial charge in [0.25, 0.3) is 0 Å². The molecule has 0 aliphatic carbocycles. The summed E-state index contributed by atoms with van der Waals surface area (Å²) in [6, 6.07) is 7.20. The van der Waals surface area contributed by atoms with E-state index in [2.05, 4.69) is 34.2 Å². The SMILES string of the molecule is CCNC(Cc1cccc(F)c1Cl)c1cc(Br)cs1. The van der Waals surface area contributed by atoms with Gasteiger partial charge in [-0.15, -0.1) is 11.3 Å². The molecule has 0 bridgehead atoms. The maximum Gasteiger partial charge on any atom is 0.142 e. The Morgan fingerprint density at radius 3 is 2.89 bits per heavy atom. The molecule has 0 aliphatic heterocycles. The summed E-state index contributed by atoms with van der Waals surface area (Å²) in [4.78, 5) is 1.22. The Morgan fingerprint density at radius 2 is 2.26 bits per heavy atom. The molecule has 0 saturated carbocycles. The zero-order valence-electron chi connectivity index (χ0n) is 10.4. The fourth-order valence-electron chi connectivity index (χ4n) is 1.96. The highest BCUT2D eigenvalue weighted by Crippen LogP contribution is 2.30. The van der Waals surface area contributed by atoms with Crippen LogP contribution in [-0.2, 0) is 6.42 Å². The first-order chi connectivity index (χ1) is 9.11. The number of nitrogens with one attached hydrogen (secondary N) is 1. The molecule has 1 unspecified atom stereocenters. The third-order valence-corrected chi connectivity index (χ3v) is 5.07. The summed E-state index contributed by atoms with van der Waals surface area (Å²) in [5.74, 6) is -0.359. The minimum Gasteiger partial charge on any atom is -0.309 e. The Bertz CT molecular complexity index is 558. The molecule has 19 heavy (non-hydrogen) atoms. The molecule has 102 valence electrons. The minimum atomic E-state index is -0.359. The Kier molecular flexibility index (Phi) is 5.39. The van der Waals surface area contributed by atoms with E-state index in [0.717, 1.165) is 16.6 Å². The van der Waals surface area contributed by atoms with Crippen molar-refractivity contribution in [2.75, 3.05) is 6.54 Å². The summed E-state index contributed by atoms with van der Waals surface area (Å²) >= 11 is 11.2. The van der Waals surface area contributed by atoms with E-state index in [1.54, 1.807) is 17.4 Å². The van der Waals surface area contributed by atoms with Crippen LogP contribution in [0.2, 0.25) is 5.02 Å². The molecule has 1 atom stereocenters. The van der Waals surface area contributed by atoms with Crippen molar-refractivity contribution in [3.8, 4) is 0 Å². The third kappa shape index (κ3) is 3.78. The fraction of sp³-hybridized carbons (Fsp3) is 0.286. The van der Waals surface area contributed by atoms with E-state index in [-0.39, 0.29) is 16.9 Å². The van der Waals surface area contributed by atoms with Crippen LogP contribution < -0.4 is 5.32 Å². The van der Waals surface area contributed by atoms with Crippen molar-refractivity contribution >= 4 is 38.9 Å². The lowest BCUT2D eigenvalue weighted by Crippen LogP contribution is -2.22. The highest BCUT2D eigenvalue weighted by Gasteiger charge is 2.16. The molecule has 1 nitrogen and oxygen atoms in total. The summed E-state index contributed by atoms with van der Waals surface area (Å²) in [7, 11) is 0. The monoisotopic (exact) mass is 361 g/mol. The predicted molar refractivity (Wildman–Crippen MR) is 83.6 cm³/mol. The van der Waals surface area contributed by atoms with E-state index in [0.29, 0.717) is 6.42 Å². The van der Waals surface area contributed by atoms with E-state index in [1.165, 1.54) is 10.9 Å². The summed E-state index contributed by atoms with van der Waals surface area (Å²) in [5, 5.41) is 5.69. The Hall–Kier alpha value is -0.420. The standard InChI is InChI=1S/C14H14BrClFNS/c1-2-18-12(13-7-10(15)8-19-13)6-9-4-3-5-11(17)14(9)16/h3-5,7-8,12,18H,2,6H2,1H3. The van der Waals surface area contributed by atoms with Crippen LogP contribution in [0.15, 0.2) is 34.1 Å². The maximum absolute atomic E-state index is 13.5. The zero-order chi connectivity index (χ0) is 13.8. The topological polar surface area (TPSA) is 12.0 Å². The first-order valence-corrected chi connectivity index (χ1v) is 8.07. The molecule has 1 aromatic carbocycles. The van der Waals surface area contributed by atoms with Gasteiger partial charge in [-0.25, -0.2) is 4.39 Å². The second kappa shape index (κ2) is 6.84. The lowest BCUT2D eigenvalue weighted by Gasteiger charge is -2.17. The molecule has 1 aromatic heterocycles. The van der Waals surface area contributed by atoms with Crippen LogP contribution in [0.3, 0.4) is 0 Å². The molecule has 0 fully saturated rings. The van der Waals surface area contributed by atoms with Gasteiger partial charge in [-0.3, -0.25) is 0 Å². The summed E-state index contributed by atoms with van der Waals surface area (Å²) in [5.41, 5.74) is 0.831. The van der Waals surface area contributed by atoms with E-state index < -0.39 is 0 Å². The number of hydrogen-bond acceptors (Lipinski definition) is 2. The quantitative estimate of drug-likeness (QED) is 0.771. The summed E-state index contributed by atoms with van der Waals surface area (Å²) in [6.07, 6.45) is 0.678. The van der Waals surface area contributed by atoms with Crippen molar-refractivity contribution in [1.82, 2.24) is 5.32 Å². The number of thiophene rings is 1.